The Morgan fingerprint density at radius 1 is 1.45 bits per heavy atom. The molecular formula is C16H16ClFN2O2. The lowest BCUT2D eigenvalue weighted by atomic mass is 9.85. The van der Waals surface area contributed by atoms with E-state index in [1.54, 1.807) is 6.07 Å². The van der Waals surface area contributed by atoms with Gasteiger partial charge in [-0.25, -0.2) is 4.39 Å². The molecule has 116 valence electrons. The topological polar surface area (TPSA) is 64.3 Å². The number of halogens is 2. The minimum atomic E-state index is -0.613. The van der Waals surface area contributed by atoms with Crippen molar-refractivity contribution >= 4 is 17.5 Å². The third kappa shape index (κ3) is 2.79. The molecule has 1 aliphatic heterocycles. The van der Waals surface area contributed by atoms with E-state index in [2.05, 4.69) is 0 Å². The molecule has 0 aromatic heterocycles. The van der Waals surface area contributed by atoms with Crippen LogP contribution >= 0.6 is 11.6 Å². The van der Waals surface area contributed by atoms with Gasteiger partial charge < -0.3 is 10.0 Å². The SMILES string of the molecule is CC(C)(C)C1C(O)=C(C#N)C(=O)N1Cc1ccc(F)c(Cl)c1. The second kappa shape index (κ2) is 5.62. The molecule has 1 unspecified atom stereocenters. The molecule has 1 heterocycles. The summed E-state index contributed by atoms with van der Waals surface area (Å²) < 4.78 is 13.2. The minimum absolute atomic E-state index is 0.0332. The lowest BCUT2D eigenvalue weighted by molar-refractivity contribution is -0.129. The number of hydrogen-bond acceptors (Lipinski definition) is 3. The first kappa shape index (κ1) is 16.3. The van der Waals surface area contributed by atoms with Crippen LogP contribution in [-0.2, 0) is 11.3 Å². The molecule has 0 bridgehead atoms. The molecule has 1 aromatic rings. The highest BCUT2D eigenvalue weighted by Gasteiger charge is 2.45. The van der Waals surface area contributed by atoms with E-state index in [0.29, 0.717) is 5.56 Å². The zero-order chi connectivity index (χ0) is 16.7. The van der Waals surface area contributed by atoms with Gasteiger partial charge in [-0.3, -0.25) is 4.79 Å². The van der Waals surface area contributed by atoms with Crippen LogP contribution in [0.4, 0.5) is 4.39 Å². The largest absolute Gasteiger partial charge is 0.508 e. The standard InChI is InChI=1S/C16H16ClFN2O2/c1-16(2,3)14-13(21)10(7-19)15(22)20(14)8-9-4-5-12(18)11(17)6-9/h4-6,14,21H,8H2,1-3H3. The van der Waals surface area contributed by atoms with E-state index < -0.39 is 23.2 Å². The molecular weight excluding hydrogens is 307 g/mol. The number of rotatable bonds is 2. The van der Waals surface area contributed by atoms with Crippen molar-refractivity contribution in [1.82, 2.24) is 4.90 Å². The Morgan fingerprint density at radius 2 is 2.09 bits per heavy atom. The summed E-state index contributed by atoms with van der Waals surface area (Å²) in [6.45, 7) is 5.74. The molecule has 1 N–H and O–H groups in total. The van der Waals surface area contributed by atoms with Crippen molar-refractivity contribution in [3.63, 3.8) is 0 Å². The monoisotopic (exact) mass is 322 g/mol. The molecule has 4 nitrogen and oxygen atoms in total. The van der Waals surface area contributed by atoms with Gasteiger partial charge in [0.15, 0.2) is 5.57 Å². The Bertz CT molecular complexity index is 701. The van der Waals surface area contributed by atoms with Gasteiger partial charge in [-0.05, 0) is 23.1 Å². The molecule has 0 saturated heterocycles. The summed E-state index contributed by atoms with van der Waals surface area (Å²) in [6, 6.07) is 5.33. The normalized spacial score (nSPS) is 18.8. The maximum absolute atomic E-state index is 13.2. The van der Waals surface area contributed by atoms with Crippen LogP contribution in [0.1, 0.15) is 26.3 Å². The molecule has 1 atom stereocenters. The number of benzene rings is 1. The zero-order valence-corrected chi connectivity index (χ0v) is 13.3. The number of carbonyl (C=O) groups excluding carboxylic acids is 1. The summed E-state index contributed by atoms with van der Waals surface area (Å²) in [5.74, 6) is -1.28. The second-order valence-electron chi connectivity index (χ2n) is 6.32. The summed E-state index contributed by atoms with van der Waals surface area (Å²) in [5.41, 5.74) is -0.0727. The van der Waals surface area contributed by atoms with E-state index in [4.69, 9.17) is 16.9 Å². The predicted octanol–water partition coefficient (Wildman–Crippen LogP) is 3.57. The Morgan fingerprint density at radius 3 is 2.59 bits per heavy atom. The lowest BCUT2D eigenvalue weighted by Gasteiger charge is -2.35. The van der Waals surface area contributed by atoms with Crippen LogP contribution in [0.3, 0.4) is 0 Å². The number of nitriles is 1. The van der Waals surface area contributed by atoms with E-state index in [-0.39, 0.29) is 22.9 Å². The van der Waals surface area contributed by atoms with Gasteiger partial charge in [-0.2, -0.15) is 5.26 Å². The van der Waals surface area contributed by atoms with E-state index in [1.807, 2.05) is 20.8 Å². The van der Waals surface area contributed by atoms with Crippen molar-refractivity contribution in [3.05, 3.63) is 45.9 Å². The summed E-state index contributed by atoms with van der Waals surface area (Å²) >= 11 is 5.76. The van der Waals surface area contributed by atoms with Crippen LogP contribution in [0.25, 0.3) is 0 Å². The van der Waals surface area contributed by atoms with Crippen LogP contribution in [0.2, 0.25) is 5.02 Å². The average Bonchev–Trinajstić information content (AvgIpc) is 2.64. The zero-order valence-electron chi connectivity index (χ0n) is 12.5. The van der Waals surface area contributed by atoms with Gasteiger partial charge in [-0.15, -0.1) is 0 Å². The predicted molar refractivity (Wildman–Crippen MR) is 80.5 cm³/mol. The molecule has 22 heavy (non-hydrogen) atoms. The summed E-state index contributed by atoms with van der Waals surface area (Å²) in [5, 5.41) is 19.2. The highest BCUT2D eigenvalue weighted by atomic mass is 35.5. The quantitative estimate of drug-likeness (QED) is 0.905. The van der Waals surface area contributed by atoms with Crippen molar-refractivity contribution in [3.8, 4) is 6.07 Å². The Kier molecular flexibility index (Phi) is 4.17. The number of carbonyl (C=O) groups is 1. The molecule has 0 aliphatic carbocycles. The van der Waals surface area contributed by atoms with Gasteiger partial charge in [0.25, 0.3) is 5.91 Å². The summed E-state index contributed by atoms with van der Waals surface area (Å²) in [7, 11) is 0. The summed E-state index contributed by atoms with van der Waals surface area (Å²) in [4.78, 5) is 13.8. The number of amides is 1. The van der Waals surface area contributed by atoms with Gasteiger partial charge in [0.05, 0.1) is 11.1 Å². The molecule has 6 heteroatoms. The van der Waals surface area contributed by atoms with Crippen LogP contribution in [0.15, 0.2) is 29.5 Å². The molecule has 1 aromatic carbocycles. The number of aliphatic hydroxyl groups excluding tert-OH is 1. The molecule has 1 aliphatic rings. The van der Waals surface area contributed by atoms with Crippen LogP contribution in [0.5, 0.6) is 0 Å². The fourth-order valence-corrected chi connectivity index (χ4v) is 2.84. The van der Waals surface area contributed by atoms with Crippen molar-refractivity contribution < 1.29 is 14.3 Å². The Labute approximate surface area is 133 Å². The van der Waals surface area contributed by atoms with Crippen LogP contribution in [-0.4, -0.2) is 22.0 Å². The Balaban J connectivity index is 2.39. The first-order valence-corrected chi connectivity index (χ1v) is 7.12. The highest BCUT2D eigenvalue weighted by Crippen LogP contribution is 2.37. The van der Waals surface area contributed by atoms with E-state index in [9.17, 15) is 14.3 Å². The highest BCUT2D eigenvalue weighted by molar-refractivity contribution is 6.30. The van der Waals surface area contributed by atoms with Crippen LogP contribution < -0.4 is 0 Å². The molecule has 0 radical (unpaired) electrons. The summed E-state index contributed by atoms with van der Waals surface area (Å²) in [6.07, 6.45) is 0. The van der Waals surface area contributed by atoms with E-state index in [1.165, 1.54) is 23.1 Å². The van der Waals surface area contributed by atoms with Crippen molar-refractivity contribution in [1.29, 1.82) is 5.26 Å². The van der Waals surface area contributed by atoms with Crippen LogP contribution in [0, 0.1) is 22.6 Å². The van der Waals surface area contributed by atoms with Gasteiger partial charge >= 0.3 is 0 Å². The lowest BCUT2D eigenvalue weighted by Crippen LogP contribution is -2.43. The van der Waals surface area contributed by atoms with Gasteiger partial charge in [0.1, 0.15) is 17.6 Å². The van der Waals surface area contributed by atoms with Gasteiger partial charge in [0.2, 0.25) is 0 Å². The third-order valence-electron chi connectivity index (χ3n) is 3.57. The molecule has 0 fully saturated rings. The average molecular weight is 323 g/mol. The number of hydrogen-bond donors (Lipinski definition) is 1. The fourth-order valence-electron chi connectivity index (χ4n) is 2.64. The van der Waals surface area contributed by atoms with Gasteiger partial charge in [0, 0.05) is 6.54 Å². The maximum atomic E-state index is 13.2. The number of aliphatic hydroxyl groups is 1. The van der Waals surface area contributed by atoms with E-state index in [0.717, 1.165) is 0 Å². The molecule has 0 saturated carbocycles. The van der Waals surface area contributed by atoms with E-state index >= 15 is 0 Å². The van der Waals surface area contributed by atoms with Crippen molar-refractivity contribution in [2.24, 2.45) is 5.41 Å². The minimum Gasteiger partial charge on any atom is -0.508 e. The van der Waals surface area contributed by atoms with Crippen molar-refractivity contribution in [2.45, 2.75) is 33.4 Å². The van der Waals surface area contributed by atoms with Crippen molar-refractivity contribution in [2.75, 3.05) is 0 Å². The second-order valence-corrected chi connectivity index (χ2v) is 6.73. The fraction of sp³-hybridized carbons (Fsp3) is 0.375. The Hall–Kier alpha value is -2.06. The first-order valence-electron chi connectivity index (χ1n) is 6.75. The third-order valence-corrected chi connectivity index (χ3v) is 3.86. The maximum Gasteiger partial charge on any atom is 0.269 e. The molecule has 1 amide bonds. The smallest absolute Gasteiger partial charge is 0.269 e. The number of nitrogens with zero attached hydrogens (tertiary/aromatic N) is 2. The first-order chi connectivity index (χ1) is 10.2. The van der Waals surface area contributed by atoms with Gasteiger partial charge in [-0.1, -0.05) is 38.4 Å². The molecule has 0 spiro atoms. The molecule has 2 rings (SSSR count).